The molecule has 4 nitrogen and oxygen atoms in total. The Labute approximate surface area is 177 Å². The van der Waals surface area contributed by atoms with E-state index in [4.69, 9.17) is 18.9 Å². The molecule has 0 bridgehead atoms. The third-order valence-electron chi connectivity index (χ3n) is 6.01. The van der Waals surface area contributed by atoms with E-state index in [2.05, 4.69) is 72.8 Å². The van der Waals surface area contributed by atoms with Crippen LogP contribution >= 0.6 is 0 Å². The molecule has 0 aromatic heterocycles. The van der Waals surface area contributed by atoms with Crippen molar-refractivity contribution in [3.63, 3.8) is 0 Å². The van der Waals surface area contributed by atoms with Crippen molar-refractivity contribution in [2.24, 2.45) is 0 Å². The van der Waals surface area contributed by atoms with Gasteiger partial charge in [0.05, 0.1) is 12.7 Å². The van der Waals surface area contributed by atoms with Crippen LogP contribution < -0.4 is 0 Å². The summed E-state index contributed by atoms with van der Waals surface area (Å²) in [4.78, 5) is 0. The molecule has 5 rings (SSSR count). The maximum atomic E-state index is 6.86. The van der Waals surface area contributed by atoms with Gasteiger partial charge in [-0.1, -0.05) is 91.0 Å². The highest BCUT2D eigenvalue weighted by atomic mass is 16.7. The zero-order chi connectivity index (χ0) is 20.4. The summed E-state index contributed by atoms with van der Waals surface area (Å²) < 4.78 is 24.2. The van der Waals surface area contributed by atoms with E-state index in [0.717, 1.165) is 23.1 Å². The van der Waals surface area contributed by atoms with Crippen LogP contribution in [0.25, 0.3) is 0 Å². The molecular formula is C26H26O4. The molecule has 2 aliphatic heterocycles. The van der Waals surface area contributed by atoms with Crippen molar-refractivity contribution in [2.45, 2.75) is 36.6 Å². The number of hydrogen-bond donors (Lipinski definition) is 0. The molecule has 2 fully saturated rings. The minimum Gasteiger partial charge on any atom is -0.366 e. The Hall–Kier alpha value is -2.50. The van der Waals surface area contributed by atoms with Gasteiger partial charge in [-0.3, -0.25) is 0 Å². The van der Waals surface area contributed by atoms with Crippen molar-refractivity contribution in [1.29, 1.82) is 0 Å². The molecule has 0 spiro atoms. The van der Waals surface area contributed by atoms with E-state index in [1.54, 1.807) is 7.11 Å². The molecule has 4 unspecified atom stereocenters. The molecule has 154 valence electrons. The summed E-state index contributed by atoms with van der Waals surface area (Å²) in [5.74, 6) is 0. The second kappa shape index (κ2) is 8.32. The van der Waals surface area contributed by atoms with Crippen molar-refractivity contribution in [1.82, 2.24) is 0 Å². The quantitative estimate of drug-likeness (QED) is 0.430. The lowest BCUT2D eigenvalue weighted by Gasteiger charge is -2.37. The van der Waals surface area contributed by atoms with Gasteiger partial charge in [0.15, 0.2) is 6.29 Å². The lowest BCUT2D eigenvalue weighted by atomic mass is 9.80. The van der Waals surface area contributed by atoms with Crippen LogP contribution in [0.2, 0.25) is 0 Å². The number of epoxide rings is 1. The summed E-state index contributed by atoms with van der Waals surface area (Å²) in [5.41, 5.74) is 2.48. The number of methoxy groups -OCH3 is 1. The SMILES string of the molecule is COC1CC2OC2C(COC(c2ccccc2)(c2ccccc2)c2ccccc2)O1. The molecule has 0 radical (unpaired) electrons. The second-order valence-corrected chi connectivity index (χ2v) is 7.80. The molecule has 2 heterocycles. The minimum absolute atomic E-state index is 0.0800. The fourth-order valence-corrected chi connectivity index (χ4v) is 4.45. The Bertz CT molecular complexity index is 848. The summed E-state index contributed by atoms with van der Waals surface area (Å²) in [6.07, 6.45) is 0.651. The first kappa shape index (κ1) is 19.5. The Morgan fingerprint density at radius 3 is 1.73 bits per heavy atom. The predicted octanol–water partition coefficient (Wildman–Crippen LogP) is 4.52. The van der Waals surface area contributed by atoms with Gasteiger partial charge in [-0.05, 0) is 16.7 Å². The second-order valence-electron chi connectivity index (χ2n) is 7.80. The third-order valence-corrected chi connectivity index (χ3v) is 6.01. The van der Waals surface area contributed by atoms with Gasteiger partial charge in [-0.2, -0.15) is 0 Å². The molecule has 2 aliphatic rings. The summed E-state index contributed by atoms with van der Waals surface area (Å²) >= 11 is 0. The highest BCUT2D eigenvalue weighted by Crippen LogP contribution is 2.43. The summed E-state index contributed by atoms with van der Waals surface area (Å²) in [7, 11) is 1.67. The van der Waals surface area contributed by atoms with E-state index in [1.807, 2.05) is 18.2 Å². The number of benzene rings is 3. The van der Waals surface area contributed by atoms with E-state index >= 15 is 0 Å². The van der Waals surface area contributed by atoms with E-state index in [9.17, 15) is 0 Å². The average Bonchev–Trinajstić information content (AvgIpc) is 3.61. The largest absolute Gasteiger partial charge is 0.366 e. The number of fused-ring (bicyclic) bond motifs is 1. The van der Waals surface area contributed by atoms with Gasteiger partial charge in [-0.25, -0.2) is 0 Å². The first-order chi connectivity index (χ1) is 14.8. The maximum absolute atomic E-state index is 6.86. The van der Waals surface area contributed by atoms with Crippen molar-refractivity contribution < 1.29 is 18.9 Å². The molecule has 3 aromatic rings. The van der Waals surface area contributed by atoms with Crippen LogP contribution in [-0.4, -0.2) is 38.3 Å². The average molecular weight is 402 g/mol. The Balaban J connectivity index is 1.56. The standard InChI is InChI=1S/C26H26O4/c1-27-24-17-22-25(30-22)23(29-24)18-28-26(19-11-5-2-6-12-19,20-13-7-3-8-14-20)21-15-9-4-10-16-21/h2-16,22-25H,17-18H2,1H3. The normalized spacial score (nSPS) is 25.5. The first-order valence-electron chi connectivity index (χ1n) is 10.5. The van der Waals surface area contributed by atoms with Gasteiger partial charge in [0, 0.05) is 13.5 Å². The van der Waals surface area contributed by atoms with Crippen LogP contribution in [0, 0.1) is 0 Å². The van der Waals surface area contributed by atoms with E-state index in [0.29, 0.717) is 6.61 Å². The van der Waals surface area contributed by atoms with Crippen LogP contribution in [-0.2, 0) is 24.5 Å². The van der Waals surface area contributed by atoms with Gasteiger partial charge < -0.3 is 18.9 Å². The van der Waals surface area contributed by atoms with Gasteiger partial charge >= 0.3 is 0 Å². The molecule has 0 amide bonds. The Kier molecular flexibility index (Phi) is 5.40. The summed E-state index contributed by atoms with van der Waals surface area (Å²) in [6.45, 7) is 0.402. The van der Waals surface area contributed by atoms with Crippen LogP contribution in [0.15, 0.2) is 91.0 Å². The topological polar surface area (TPSA) is 40.2 Å². The van der Waals surface area contributed by atoms with Gasteiger partial charge in [-0.15, -0.1) is 0 Å². The van der Waals surface area contributed by atoms with Crippen molar-refractivity contribution in [3.8, 4) is 0 Å². The summed E-state index contributed by atoms with van der Waals surface area (Å²) in [5, 5.41) is 0. The predicted molar refractivity (Wildman–Crippen MR) is 114 cm³/mol. The van der Waals surface area contributed by atoms with Gasteiger partial charge in [0.1, 0.15) is 17.8 Å². The molecule has 0 saturated carbocycles. The van der Waals surface area contributed by atoms with Crippen molar-refractivity contribution >= 4 is 0 Å². The highest BCUT2D eigenvalue weighted by molar-refractivity contribution is 5.47. The summed E-state index contributed by atoms with van der Waals surface area (Å²) in [6, 6.07) is 31.1. The van der Waals surface area contributed by atoms with E-state index < -0.39 is 5.60 Å². The first-order valence-corrected chi connectivity index (χ1v) is 10.5. The Morgan fingerprint density at radius 1 is 0.767 bits per heavy atom. The van der Waals surface area contributed by atoms with E-state index in [-0.39, 0.29) is 24.6 Å². The molecule has 3 aromatic carbocycles. The zero-order valence-electron chi connectivity index (χ0n) is 17.0. The molecule has 0 aliphatic carbocycles. The van der Waals surface area contributed by atoms with Crippen LogP contribution in [0.4, 0.5) is 0 Å². The van der Waals surface area contributed by atoms with Crippen LogP contribution in [0.5, 0.6) is 0 Å². The molecule has 4 atom stereocenters. The third kappa shape index (κ3) is 3.57. The Morgan fingerprint density at radius 2 is 1.27 bits per heavy atom. The smallest absolute Gasteiger partial charge is 0.160 e. The number of hydrogen-bond acceptors (Lipinski definition) is 4. The number of rotatable bonds is 7. The van der Waals surface area contributed by atoms with Gasteiger partial charge in [0.2, 0.25) is 0 Å². The molecule has 4 heteroatoms. The molecular weight excluding hydrogens is 376 g/mol. The van der Waals surface area contributed by atoms with Crippen molar-refractivity contribution in [3.05, 3.63) is 108 Å². The van der Waals surface area contributed by atoms with Crippen molar-refractivity contribution in [2.75, 3.05) is 13.7 Å². The zero-order valence-corrected chi connectivity index (χ0v) is 17.0. The molecule has 30 heavy (non-hydrogen) atoms. The highest BCUT2D eigenvalue weighted by Gasteiger charge is 2.52. The fraction of sp³-hybridized carbons (Fsp3) is 0.308. The lowest BCUT2D eigenvalue weighted by Crippen LogP contribution is -2.42. The molecule has 0 N–H and O–H groups in total. The minimum atomic E-state index is -0.752. The number of ether oxygens (including phenoxy) is 4. The maximum Gasteiger partial charge on any atom is 0.160 e. The lowest BCUT2D eigenvalue weighted by molar-refractivity contribution is -0.191. The monoisotopic (exact) mass is 402 g/mol. The fourth-order valence-electron chi connectivity index (χ4n) is 4.45. The van der Waals surface area contributed by atoms with Crippen LogP contribution in [0.1, 0.15) is 23.1 Å². The van der Waals surface area contributed by atoms with E-state index in [1.165, 1.54) is 0 Å². The molecule has 2 saturated heterocycles. The van der Waals surface area contributed by atoms with Gasteiger partial charge in [0.25, 0.3) is 0 Å². The van der Waals surface area contributed by atoms with Crippen LogP contribution in [0.3, 0.4) is 0 Å².